The number of nitrogens with one attached hydrogen (secondary N) is 1. The fourth-order valence-electron chi connectivity index (χ4n) is 1.39. The second kappa shape index (κ2) is 5.34. The minimum Gasteiger partial charge on any atom is -0.465 e. The molecule has 0 saturated carbocycles. The number of hydrogen-bond acceptors (Lipinski definition) is 4. The van der Waals surface area contributed by atoms with E-state index in [1.165, 1.54) is 18.1 Å². The Bertz CT molecular complexity index is 441. The van der Waals surface area contributed by atoms with Gasteiger partial charge in [-0.05, 0) is 18.2 Å². The highest BCUT2D eigenvalue weighted by atomic mass is 16.5. The van der Waals surface area contributed by atoms with Crippen LogP contribution in [0.4, 0.5) is 5.69 Å². The lowest BCUT2D eigenvalue weighted by molar-refractivity contribution is 0.0601. The minimum atomic E-state index is -0.463. The summed E-state index contributed by atoms with van der Waals surface area (Å²) in [5.74, 6) is -0.623. The Hall–Kier alpha value is -2.04. The predicted molar refractivity (Wildman–Crippen MR) is 65.3 cm³/mol. The molecule has 0 bridgehead atoms. The van der Waals surface area contributed by atoms with Crippen LogP contribution in [-0.4, -0.2) is 45.0 Å². The van der Waals surface area contributed by atoms with Crippen LogP contribution >= 0.6 is 0 Å². The molecule has 0 atom stereocenters. The van der Waals surface area contributed by atoms with Crippen molar-refractivity contribution in [1.82, 2.24) is 4.90 Å². The summed E-state index contributed by atoms with van der Waals surface area (Å²) in [5, 5.41) is 2.90. The summed E-state index contributed by atoms with van der Waals surface area (Å²) in [4.78, 5) is 24.7. The first-order valence-electron chi connectivity index (χ1n) is 5.12. The van der Waals surface area contributed by atoms with Gasteiger partial charge in [-0.2, -0.15) is 0 Å². The molecule has 5 nitrogen and oxygen atoms in total. The van der Waals surface area contributed by atoms with Crippen molar-refractivity contribution in [2.75, 3.05) is 33.6 Å². The fourth-order valence-corrected chi connectivity index (χ4v) is 1.39. The van der Waals surface area contributed by atoms with E-state index in [2.05, 4.69) is 10.1 Å². The summed E-state index contributed by atoms with van der Waals surface area (Å²) in [6, 6.07) is 4.85. The lowest BCUT2D eigenvalue weighted by Gasteiger charge is -2.12. The van der Waals surface area contributed by atoms with Crippen LogP contribution in [0.2, 0.25) is 0 Å². The number of rotatable bonds is 3. The van der Waals surface area contributed by atoms with E-state index in [1.807, 2.05) is 0 Å². The number of esters is 1. The number of ether oxygens (including phenoxy) is 1. The summed E-state index contributed by atoms with van der Waals surface area (Å²) in [5.41, 5.74) is 1.49. The molecule has 1 N–H and O–H groups in total. The number of nitrogens with zero attached hydrogens (tertiary/aromatic N) is 1. The molecule has 0 aliphatic heterocycles. The smallest absolute Gasteiger partial charge is 0.337 e. The zero-order valence-corrected chi connectivity index (χ0v) is 10.4. The number of methoxy groups -OCH3 is 1. The Labute approximate surface area is 100 Å². The average Bonchev–Trinajstić information content (AvgIpc) is 2.35. The van der Waals surface area contributed by atoms with Gasteiger partial charge in [-0.15, -0.1) is 0 Å². The molecule has 1 amide bonds. The number of benzene rings is 1. The normalized spacial score (nSPS) is 9.65. The standard InChI is InChI=1S/C12H16N2O3/c1-13-10-6-8(11(15)14(2)3)5-9(7-10)12(16)17-4/h5-7,13H,1-4H3. The molecule has 0 fully saturated rings. The van der Waals surface area contributed by atoms with E-state index in [9.17, 15) is 9.59 Å². The Morgan fingerprint density at radius 3 is 2.24 bits per heavy atom. The molecule has 0 radical (unpaired) electrons. The molecule has 17 heavy (non-hydrogen) atoms. The topological polar surface area (TPSA) is 58.6 Å². The van der Waals surface area contributed by atoms with Crippen molar-refractivity contribution < 1.29 is 14.3 Å². The van der Waals surface area contributed by atoms with Crippen molar-refractivity contribution in [1.29, 1.82) is 0 Å². The van der Waals surface area contributed by atoms with Crippen LogP contribution in [0.1, 0.15) is 20.7 Å². The first-order chi connectivity index (χ1) is 7.99. The van der Waals surface area contributed by atoms with Gasteiger partial charge in [-0.25, -0.2) is 4.79 Å². The summed E-state index contributed by atoms with van der Waals surface area (Å²) >= 11 is 0. The van der Waals surface area contributed by atoms with Gasteiger partial charge < -0.3 is 15.0 Å². The van der Waals surface area contributed by atoms with Gasteiger partial charge >= 0.3 is 5.97 Å². The van der Waals surface area contributed by atoms with Crippen LogP contribution < -0.4 is 5.32 Å². The van der Waals surface area contributed by atoms with E-state index >= 15 is 0 Å². The fraction of sp³-hybridized carbons (Fsp3) is 0.333. The molecule has 5 heteroatoms. The predicted octanol–water partition coefficient (Wildman–Crippen LogP) is 1.22. The third-order valence-electron chi connectivity index (χ3n) is 2.30. The van der Waals surface area contributed by atoms with Crippen molar-refractivity contribution in [3.05, 3.63) is 29.3 Å². The molecule has 0 heterocycles. The van der Waals surface area contributed by atoms with Crippen molar-refractivity contribution >= 4 is 17.6 Å². The molecule has 0 aromatic heterocycles. The molecule has 92 valence electrons. The Kier molecular flexibility index (Phi) is 4.09. The van der Waals surface area contributed by atoms with E-state index in [-0.39, 0.29) is 5.91 Å². The zero-order valence-electron chi connectivity index (χ0n) is 10.4. The number of amides is 1. The molecular weight excluding hydrogens is 220 g/mol. The largest absolute Gasteiger partial charge is 0.465 e. The molecule has 1 rings (SSSR count). The summed E-state index contributed by atoms with van der Waals surface area (Å²) in [7, 11) is 6.35. The molecular formula is C12H16N2O3. The molecule has 1 aromatic carbocycles. The molecule has 1 aromatic rings. The van der Waals surface area contributed by atoms with Crippen LogP contribution in [0.5, 0.6) is 0 Å². The highest BCUT2D eigenvalue weighted by Gasteiger charge is 2.14. The Morgan fingerprint density at radius 2 is 1.76 bits per heavy atom. The van der Waals surface area contributed by atoms with Gasteiger partial charge in [0, 0.05) is 32.4 Å². The lowest BCUT2D eigenvalue weighted by Crippen LogP contribution is -2.22. The maximum absolute atomic E-state index is 11.8. The summed E-state index contributed by atoms with van der Waals surface area (Å²) in [6.07, 6.45) is 0. The zero-order chi connectivity index (χ0) is 13.0. The van der Waals surface area contributed by atoms with Gasteiger partial charge in [0.25, 0.3) is 5.91 Å². The first-order valence-corrected chi connectivity index (χ1v) is 5.12. The Morgan fingerprint density at radius 1 is 1.18 bits per heavy atom. The highest BCUT2D eigenvalue weighted by Crippen LogP contribution is 2.16. The quantitative estimate of drug-likeness (QED) is 0.802. The number of carbonyl (C=O) groups excluding carboxylic acids is 2. The van der Waals surface area contributed by atoms with Crippen LogP contribution in [0.25, 0.3) is 0 Å². The highest BCUT2D eigenvalue weighted by molar-refractivity contribution is 5.99. The summed E-state index contributed by atoms with van der Waals surface area (Å²) in [6.45, 7) is 0. The van der Waals surface area contributed by atoms with Crippen molar-refractivity contribution in [3.63, 3.8) is 0 Å². The van der Waals surface area contributed by atoms with Gasteiger partial charge in [0.2, 0.25) is 0 Å². The van der Waals surface area contributed by atoms with Gasteiger partial charge in [-0.1, -0.05) is 0 Å². The van der Waals surface area contributed by atoms with Crippen LogP contribution in [0.15, 0.2) is 18.2 Å². The minimum absolute atomic E-state index is 0.160. The van der Waals surface area contributed by atoms with Crippen LogP contribution in [0.3, 0.4) is 0 Å². The second-order valence-corrected chi connectivity index (χ2v) is 3.74. The van der Waals surface area contributed by atoms with E-state index in [1.54, 1.807) is 33.3 Å². The van der Waals surface area contributed by atoms with Crippen molar-refractivity contribution in [3.8, 4) is 0 Å². The van der Waals surface area contributed by atoms with Crippen molar-refractivity contribution in [2.45, 2.75) is 0 Å². The maximum atomic E-state index is 11.8. The monoisotopic (exact) mass is 236 g/mol. The summed E-state index contributed by atoms with van der Waals surface area (Å²) < 4.78 is 4.64. The molecule has 0 spiro atoms. The molecule has 0 unspecified atom stereocenters. The van der Waals surface area contributed by atoms with Crippen molar-refractivity contribution in [2.24, 2.45) is 0 Å². The van der Waals surface area contributed by atoms with Gasteiger partial charge in [-0.3, -0.25) is 4.79 Å². The lowest BCUT2D eigenvalue weighted by atomic mass is 10.1. The van der Waals surface area contributed by atoms with E-state index in [0.29, 0.717) is 16.8 Å². The van der Waals surface area contributed by atoms with Gasteiger partial charge in [0.05, 0.1) is 12.7 Å². The average molecular weight is 236 g/mol. The SMILES string of the molecule is CNc1cc(C(=O)OC)cc(C(=O)N(C)C)c1. The van der Waals surface area contributed by atoms with E-state index < -0.39 is 5.97 Å². The maximum Gasteiger partial charge on any atom is 0.337 e. The molecule has 0 saturated heterocycles. The Balaban J connectivity index is 3.23. The van der Waals surface area contributed by atoms with Gasteiger partial charge in [0.1, 0.15) is 0 Å². The second-order valence-electron chi connectivity index (χ2n) is 3.74. The van der Waals surface area contributed by atoms with E-state index in [0.717, 1.165) is 0 Å². The van der Waals surface area contributed by atoms with Crippen LogP contribution in [0, 0.1) is 0 Å². The van der Waals surface area contributed by atoms with E-state index in [4.69, 9.17) is 0 Å². The third-order valence-corrected chi connectivity index (χ3v) is 2.30. The molecule has 0 aliphatic rings. The number of hydrogen-bond donors (Lipinski definition) is 1. The first kappa shape index (κ1) is 13.0. The number of anilines is 1. The van der Waals surface area contributed by atoms with Crippen LogP contribution in [-0.2, 0) is 4.74 Å². The number of carbonyl (C=O) groups is 2. The third kappa shape index (κ3) is 2.96. The molecule has 0 aliphatic carbocycles. The van der Waals surface area contributed by atoms with Gasteiger partial charge in [0.15, 0.2) is 0 Å².